The maximum atomic E-state index is 12.0. The topological polar surface area (TPSA) is 79.8 Å². The molecule has 0 aliphatic carbocycles. The van der Waals surface area contributed by atoms with Crippen molar-refractivity contribution >= 4 is 11.7 Å². The summed E-state index contributed by atoms with van der Waals surface area (Å²) >= 11 is 0. The van der Waals surface area contributed by atoms with Crippen molar-refractivity contribution in [3.63, 3.8) is 0 Å². The van der Waals surface area contributed by atoms with Crippen molar-refractivity contribution in [1.82, 2.24) is 20.3 Å². The number of nitrogens with zero attached hydrogens (tertiary/aromatic N) is 3. The number of carbonyl (C=O) groups is 1. The molecule has 0 spiro atoms. The van der Waals surface area contributed by atoms with Gasteiger partial charge in [-0.2, -0.15) is 0 Å². The van der Waals surface area contributed by atoms with Crippen molar-refractivity contribution < 1.29 is 4.79 Å². The molecule has 0 unspecified atom stereocenters. The van der Waals surface area contributed by atoms with Gasteiger partial charge in [0, 0.05) is 13.2 Å². The Bertz CT molecular complexity index is 582. The summed E-state index contributed by atoms with van der Waals surface area (Å²) in [6, 6.07) is 3.90. The van der Waals surface area contributed by atoms with Crippen LogP contribution in [0.15, 0.2) is 30.7 Å². The van der Waals surface area contributed by atoms with Crippen LogP contribution in [0.2, 0.25) is 0 Å². The smallest absolute Gasteiger partial charge is 0.271 e. The first-order chi connectivity index (χ1) is 9.74. The molecule has 0 saturated heterocycles. The summed E-state index contributed by atoms with van der Waals surface area (Å²) in [5, 5.41) is 5.65. The van der Waals surface area contributed by atoms with Crippen molar-refractivity contribution in [2.24, 2.45) is 0 Å². The van der Waals surface area contributed by atoms with Crippen LogP contribution in [0.1, 0.15) is 28.7 Å². The summed E-state index contributed by atoms with van der Waals surface area (Å²) in [7, 11) is 1.75. The van der Waals surface area contributed by atoms with E-state index in [1.807, 2.05) is 12.1 Å². The van der Waals surface area contributed by atoms with E-state index in [4.69, 9.17) is 0 Å². The Morgan fingerprint density at radius 3 is 2.75 bits per heavy atom. The minimum absolute atomic E-state index is 0.257. The summed E-state index contributed by atoms with van der Waals surface area (Å²) in [4.78, 5) is 24.3. The Hall–Kier alpha value is -2.50. The zero-order valence-corrected chi connectivity index (χ0v) is 11.6. The lowest BCUT2D eigenvalue weighted by Gasteiger charge is -2.08. The van der Waals surface area contributed by atoms with E-state index in [1.54, 1.807) is 13.2 Å². The third-order valence-corrected chi connectivity index (χ3v) is 2.92. The number of anilines is 1. The van der Waals surface area contributed by atoms with Gasteiger partial charge in [0.1, 0.15) is 11.5 Å². The predicted molar refractivity (Wildman–Crippen MR) is 76.4 cm³/mol. The molecular weight excluding hydrogens is 254 g/mol. The first kappa shape index (κ1) is 13.9. The highest BCUT2D eigenvalue weighted by atomic mass is 16.1. The summed E-state index contributed by atoms with van der Waals surface area (Å²) in [6.45, 7) is 2.45. The molecule has 2 aromatic rings. The molecule has 2 rings (SSSR count). The van der Waals surface area contributed by atoms with Crippen LogP contribution in [-0.2, 0) is 13.0 Å². The number of aromatic nitrogens is 3. The van der Waals surface area contributed by atoms with Gasteiger partial charge in [-0.3, -0.25) is 9.78 Å². The van der Waals surface area contributed by atoms with E-state index in [-0.39, 0.29) is 11.6 Å². The van der Waals surface area contributed by atoms with Gasteiger partial charge in [-0.05, 0) is 18.1 Å². The highest BCUT2D eigenvalue weighted by molar-refractivity contribution is 5.91. The maximum Gasteiger partial charge on any atom is 0.271 e. The Balaban J connectivity index is 2.01. The van der Waals surface area contributed by atoms with Gasteiger partial charge in [-0.15, -0.1) is 0 Å². The lowest BCUT2D eigenvalue weighted by Crippen LogP contribution is -2.25. The van der Waals surface area contributed by atoms with Crippen LogP contribution in [0.25, 0.3) is 0 Å². The number of pyridine rings is 1. The van der Waals surface area contributed by atoms with Crippen LogP contribution in [-0.4, -0.2) is 27.9 Å². The minimum atomic E-state index is -0.257. The van der Waals surface area contributed by atoms with Crippen molar-refractivity contribution in [3.05, 3.63) is 47.7 Å². The molecule has 0 fully saturated rings. The number of carbonyl (C=O) groups excluding carboxylic acids is 1. The minimum Gasteiger partial charge on any atom is -0.372 e. The molecule has 0 saturated carbocycles. The van der Waals surface area contributed by atoms with Gasteiger partial charge in [0.25, 0.3) is 5.91 Å². The second-order valence-corrected chi connectivity index (χ2v) is 4.18. The number of amides is 1. The Morgan fingerprint density at radius 1 is 1.25 bits per heavy atom. The van der Waals surface area contributed by atoms with Crippen LogP contribution in [0.5, 0.6) is 0 Å². The zero-order chi connectivity index (χ0) is 14.4. The standard InChI is InChI=1S/C14H17N5O/c1-3-10-5-4-6-16-11(10)7-19-14(20)12-8-18-13(15-2)9-17-12/h4-6,8-9H,3,7H2,1-2H3,(H,15,18)(H,19,20). The summed E-state index contributed by atoms with van der Waals surface area (Å²) in [5.41, 5.74) is 2.30. The number of rotatable bonds is 5. The summed E-state index contributed by atoms with van der Waals surface area (Å²) in [6.07, 6.45) is 5.57. The maximum absolute atomic E-state index is 12.0. The van der Waals surface area contributed by atoms with E-state index in [9.17, 15) is 4.79 Å². The molecule has 0 radical (unpaired) electrons. The summed E-state index contributed by atoms with van der Waals surface area (Å²) < 4.78 is 0. The van der Waals surface area contributed by atoms with Gasteiger partial charge in [-0.1, -0.05) is 13.0 Å². The van der Waals surface area contributed by atoms with E-state index < -0.39 is 0 Å². The lowest BCUT2D eigenvalue weighted by atomic mass is 10.1. The zero-order valence-electron chi connectivity index (χ0n) is 11.6. The molecule has 2 N–H and O–H groups in total. The van der Waals surface area contributed by atoms with Crippen LogP contribution < -0.4 is 10.6 Å². The van der Waals surface area contributed by atoms with E-state index in [0.717, 1.165) is 17.7 Å². The third-order valence-electron chi connectivity index (χ3n) is 2.92. The molecule has 0 aliphatic rings. The van der Waals surface area contributed by atoms with Crippen LogP contribution in [0.4, 0.5) is 5.82 Å². The van der Waals surface area contributed by atoms with Gasteiger partial charge in [0.2, 0.25) is 0 Å². The lowest BCUT2D eigenvalue weighted by molar-refractivity contribution is 0.0945. The van der Waals surface area contributed by atoms with Crippen LogP contribution in [0, 0.1) is 0 Å². The predicted octanol–water partition coefficient (Wildman–Crippen LogP) is 1.41. The molecule has 6 heteroatoms. The quantitative estimate of drug-likeness (QED) is 0.859. The molecule has 2 heterocycles. The molecule has 20 heavy (non-hydrogen) atoms. The molecule has 0 bridgehead atoms. The monoisotopic (exact) mass is 271 g/mol. The Morgan fingerprint density at radius 2 is 2.10 bits per heavy atom. The SMILES string of the molecule is CCc1cccnc1CNC(=O)c1cnc(NC)cn1. The van der Waals surface area contributed by atoms with Crippen molar-refractivity contribution in [2.45, 2.75) is 19.9 Å². The number of hydrogen-bond donors (Lipinski definition) is 2. The largest absolute Gasteiger partial charge is 0.372 e. The second-order valence-electron chi connectivity index (χ2n) is 4.18. The third kappa shape index (κ3) is 3.28. The fourth-order valence-corrected chi connectivity index (χ4v) is 1.78. The molecule has 0 aliphatic heterocycles. The number of nitrogens with one attached hydrogen (secondary N) is 2. The second kappa shape index (κ2) is 6.60. The van der Waals surface area contributed by atoms with Gasteiger partial charge >= 0.3 is 0 Å². The fraction of sp³-hybridized carbons (Fsp3) is 0.286. The first-order valence-corrected chi connectivity index (χ1v) is 6.45. The first-order valence-electron chi connectivity index (χ1n) is 6.45. The fourth-order valence-electron chi connectivity index (χ4n) is 1.78. The molecule has 0 aromatic carbocycles. The van der Waals surface area contributed by atoms with E-state index in [2.05, 4.69) is 32.5 Å². The van der Waals surface area contributed by atoms with Gasteiger partial charge in [0.15, 0.2) is 0 Å². The van der Waals surface area contributed by atoms with E-state index in [0.29, 0.717) is 12.4 Å². The molecular formula is C14H17N5O. The highest BCUT2D eigenvalue weighted by Gasteiger charge is 2.09. The molecule has 2 aromatic heterocycles. The number of aryl methyl sites for hydroxylation is 1. The van der Waals surface area contributed by atoms with Gasteiger partial charge < -0.3 is 10.6 Å². The number of hydrogen-bond acceptors (Lipinski definition) is 5. The van der Waals surface area contributed by atoms with Gasteiger partial charge in [-0.25, -0.2) is 9.97 Å². The molecule has 104 valence electrons. The van der Waals surface area contributed by atoms with Crippen LogP contribution >= 0.6 is 0 Å². The average molecular weight is 271 g/mol. The molecule has 1 amide bonds. The van der Waals surface area contributed by atoms with Crippen molar-refractivity contribution in [2.75, 3.05) is 12.4 Å². The van der Waals surface area contributed by atoms with E-state index >= 15 is 0 Å². The molecule has 6 nitrogen and oxygen atoms in total. The van der Waals surface area contributed by atoms with E-state index in [1.165, 1.54) is 12.4 Å². The average Bonchev–Trinajstić information content (AvgIpc) is 2.53. The highest BCUT2D eigenvalue weighted by Crippen LogP contribution is 2.06. The molecule has 0 atom stereocenters. The van der Waals surface area contributed by atoms with Crippen molar-refractivity contribution in [1.29, 1.82) is 0 Å². The Labute approximate surface area is 117 Å². The van der Waals surface area contributed by atoms with Crippen molar-refractivity contribution in [3.8, 4) is 0 Å². The van der Waals surface area contributed by atoms with Gasteiger partial charge in [0.05, 0.1) is 24.6 Å². The summed E-state index contributed by atoms with van der Waals surface area (Å²) in [5.74, 6) is 0.368. The normalized spacial score (nSPS) is 10.1. The van der Waals surface area contributed by atoms with Crippen LogP contribution in [0.3, 0.4) is 0 Å². The Kier molecular flexibility index (Phi) is 4.60.